The third-order valence-corrected chi connectivity index (χ3v) is 11.3. The Bertz CT molecular complexity index is 1580. The van der Waals surface area contributed by atoms with Gasteiger partial charge in [-0.15, -0.1) is 0 Å². The summed E-state index contributed by atoms with van der Waals surface area (Å²) in [6, 6.07) is 30.9. The number of hydrogen-bond donors (Lipinski definition) is 0. The smallest absolute Gasteiger partial charge is 0.0411 e. The fraction of sp³-hybridized carbons (Fsp3) is 0.467. The Kier molecular flexibility index (Phi) is 10.7. The van der Waals surface area contributed by atoms with Crippen LogP contribution in [0.25, 0.3) is 22.3 Å². The van der Waals surface area contributed by atoms with Crippen molar-refractivity contribution >= 4 is 11.4 Å². The van der Waals surface area contributed by atoms with E-state index in [9.17, 15) is 0 Å². The molecule has 242 valence electrons. The van der Waals surface area contributed by atoms with Crippen molar-refractivity contribution in [2.24, 2.45) is 0 Å². The topological polar surface area (TPSA) is 3.24 Å². The van der Waals surface area contributed by atoms with Crippen LogP contribution in [0.15, 0.2) is 78.9 Å². The first-order valence-corrected chi connectivity index (χ1v) is 18.8. The summed E-state index contributed by atoms with van der Waals surface area (Å²) in [7, 11) is 2.25. The van der Waals surface area contributed by atoms with E-state index in [1.165, 1.54) is 153 Å². The Morgan fingerprint density at radius 1 is 0.522 bits per heavy atom. The molecule has 46 heavy (non-hydrogen) atoms. The lowest BCUT2D eigenvalue weighted by Gasteiger charge is -2.34. The van der Waals surface area contributed by atoms with Crippen LogP contribution in [-0.2, 0) is 18.3 Å². The fourth-order valence-electron chi connectivity index (χ4n) is 8.28. The Hall–Kier alpha value is -3.32. The predicted molar refractivity (Wildman–Crippen MR) is 201 cm³/mol. The molecule has 0 atom stereocenters. The first kappa shape index (κ1) is 32.6. The molecule has 0 N–H and O–H groups in total. The van der Waals surface area contributed by atoms with Crippen molar-refractivity contribution in [3.8, 4) is 22.3 Å². The molecule has 0 spiro atoms. The Morgan fingerprint density at radius 2 is 1.07 bits per heavy atom. The van der Waals surface area contributed by atoms with Gasteiger partial charge in [0, 0.05) is 23.8 Å². The molecule has 0 amide bonds. The van der Waals surface area contributed by atoms with Crippen LogP contribution >= 0.6 is 0 Å². The molecule has 4 aromatic rings. The van der Waals surface area contributed by atoms with Gasteiger partial charge >= 0.3 is 0 Å². The van der Waals surface area contributed by atoms with Crippen LogP contribution in [0.1, 0.15) is 132 Å². The van der Waals surface area contributed by atoms with E-state index in [-0.39, 0.29) is 5.41 Å². The van der Waals surface area contributed by atoms with Gasteiger partial charge in [-0.1, -0.05) is 151 Å². The molecular weight excluding hydrogens is 555 g/mol. The molecule has 0 aromatic heterocycles. The molecule has 1 nitrogen and oxygen atoms in total. The van der Waals surface area contributed by atoms with E-state index in [0.717, 1.165) is 0 Å². The van der Waals surface area contributed by atoms with Gasteiger partial charge in [-0.2, -0.15) is 0 Å². The molecule has 0 radical (unpaired) electrons. The van der Waals surface area contributed by atoms with Crippen LogP contribution < -0.4 is 4.90 Å². The van der Waals surface area contributed by atoms with Crippen molar-refractivity contribution in [1.82, 2.24) is 0 Å². The second-order valence-electron chi connectivity index (χ2n) is 14.5. The van der Waals surface area contributed by atoms with Crippen LogP contribution in [-0.4, -0.2) is 7.05 Å². The van der Waals surface area contributed by atoms with Crippen LogP contribution in [0.4, 0.5) is 11.4 Å². The Balaban J connectivity index is 1.29. The molecule has 2 aliphatic rings. The number of aryl methyl sites for hydroxylation is 3. The zero-order valence-corrected chi connectivity index (χ0v) is 29.3. The first-order valence-electron chi connectivity index (χ1n) is 18.8. The average Bonchev–Trinajstić information content (AvgIpc) is 3.32. The highest BCUT2D eigenvalue weighted by atomic mass is 15.1. The van der Waals surface area contributed by atoms with Crippen molar-refractivity contribution in [3.63, 3.8) is 0 Å². The lowest BCUT2D eigenvalue weighted by atomic mass is 9.70. The van der Waals surface area contributed by atoms with Gasteiger partial charge in [-0.05, 0) is 101 Å². The number of nitrogens with zero attached hydrogens (tertiary/aromatic N) is 1. The summed E-state index contributed by atoms with van der Waals surface area (Å²) in [5.41, 5.74) is 15.9. The van der Waals surface area contributed by atoms with Crippen molar-refractivity contribution in [2.45, 2.75) is 129 Å². The summed E-state index contributed by atoms with van der Waals surface area (Å²) in [5.74, 6) is 0. The monoisotopic (exact) mass is 611 g/mol. The molecule has 2 aliphatic carbocycles. The maximum absolute atomic E-state index is 2.57. The second kappa shape index (κ2) is 15.1. The van der Waals surface area contributed by atoms with Crippen molar-refractivity contribution in [1.29, 1.82) is 0 Å². The first-order chi connectivity index (χ1) is 22.5. The summed E-state index contributed by atoms with van der Waals surface area (Å²) in [5, 5.41) is 0. The molecule has 0 bridgehead atoms. The summed E-state index contributed by atoms with van der Waals surface area (Å²) in [6.07, 6.45) is 21.2. The average molecular weight is 612 g/mol. The molecule has 4 aromatic carbocycles. The Labute approximate surface area is 280 Å². The minimum atomic E-state index is 0.113. The third-order valence-electron chi connectivity index (χ3n) is 11.3. The summed E-state index contributed by atoms with van der Waals surface area (Å²) < 4.78 is 0. The van der Waals surface area contributed by atoms with Gasteiger partial charge in [0.25, 0.3) is 0 Å². The number of rotatable bonds is 17. The fourth-order valence-corrected chi connectivity index (χ4v) is 8.28. The number of unbranched alkanes of at least 4 members (excludes halogenated alkanes) is 10. The SMILES string of the molecule is CCCCCCCCC1(CCCCCCCC)c2cc(C)ccc2-c2ccc(N(C)c3ccc(-c4ccc5c(c4)CC5)cc3)cc21. The van der Waals surface area contributed by atoms with Gasteiger partial charge in [-0.25, -0.2) is 0 Å². The minimum Gasteiger partial charge on any atom is -0.345 e. The van der Waals surface area contributed by atoms with Gasteiger partial charge in [-0.3, -0.25) is 0 Å². The zero-order valence-electron chi connectivity index (χ0n) is 29.3. The highest BCUT2D eigenvalue weighted by molar-refractivity contribution is 5.84. The predicted octanol–water partition coefficient (Wildman–Crippen LogP) is 13.3. The standard InChI is InChI=1S/C45H57N/c1-5-7-9-11-13-15-29-45(30-16-14-12-10-8-6-2)43-31-34(3)17-27-41(43)42-28-26-40(33-44(42)45)46(4)39-24-22-36(23-25-39)38-21-19-35-18-20-37(35)32-38/h17,19,21-28,31-33H,5-16,18,20,29-30H2,1-4H3. The van der Waals surface area contributed by atoms with Crippen LogP contribution in [0.3, 0.4) is 0 Å². The number of benzene rings is 4. The van der Waals surface area contributed by atoms with Crippen molar-refractivity contribution < 1.29 is 0 Å². The number of hydrogen-bond acceptors (Lipinski definition) is 1. The summed E-state index contributed by atoms with van der Waals surface area (Å²) >= 11 is 0. The second-order valence-corrected chi connectivity index (χ2v) is 14.5. The molecule has 0 saturated carbocycles. The van der Waals surface area contributed by atoms with Crippen molar-refractivity contribution in [2.75, 3.05) is 11.9 Å². The van der Waals surface area contributed by atoms with E-state index in [2.05, 4.69) is 112 Å². The number of anilines is 2. The third kappa shape index (κ3) is 6.85. The van der Waals surface area contributed by atoms with Crippen LogP contribution in [0, 0.1) is 6.92 Å². The summed E-state index contributed by atoms with van der Waals surface area (Å²) in [4.78, 5) is 2.40. The molecular formula is C45H57N. The Morgan fingerprint density at radius 3 is 1.67 bits per heavy atom. The summed E-state index contributed by atoms with van der Waals surface area (Å²) in [6.45, 7) is 6.92. The van der Waals surface area contributed by atoms with Gasteiger partial charge in [0.15, 0.2) is 0 Å². The molecule has 0 unspecified atom stereocenters. The van der Waals surface area contributed by atoms with Gasteiger partial charge in [0.2, 0.25) is 0 Å². The van der Waals surface area contributed by atoms with Gasteiger partial charge in [0.1, 0.15) is 0 Å². The molecule has 0 aliphatic heterocycles. The van der Waals surface area contributed by atoms with Crippen LogP contribution in [0.5, 0.6) is 0 Å². The molecule has 0 fully saturated rings. The normalized spacial score (nSPS) is 14.0. The maximum Gasteiger partial charge on any atom is 0.0411 e. The van der Waals surface area contributed by atoms with E-state index in [1.54, 1.807) is 11.1 Å². The largest absolute Gasteiger partial charge is 0.345 e. The van der Waals surface area contributed by atoms with E-state index in [0.29, 0.717) is 0 Å². The number of fused-ring (bicyclic) bond motifs is 4. The molecule has 0 heterocycles. The molecule has 1 heteroatoms. The van der Waals surface area contributed by atoms with E-state index < -0.39 is 0 Å². The quantitative estimate of drug-likeness (QED) is 0.107. The van der Waals surface area contributed by atoms with Crippen LogP contribution in [0.2, 0.25) is 0 Å². The van der Waals surface area contributed by atoms with Gasteiger partial charge < -0.3 is 4.90 Å². The highest BCUT2D eigenvalue weighted by Gasteiger charge is 2.42. The minimum absolute atomic E-state index is 0.113. The van der Waals surface area contributed by atoms with Crippen molar-refractivity contribution in [3.05, 3.63) is 107 Å². The lowest BCUT2D eigenvalue weighted by Crippen LogP contribution is -2.26. The molecule has 0 saturated heterocycles. The highest BCUT2D eigenvalue weighted by Crippen LogP contribution is 2.55. The van der Waals surface area contributed by atoms with E-state index >= 15 is 0 Å². The molecule has 6 rings (SSSR count). The van der Waals surface area contributed by atoms with Gasteiger partial charge in [0.05, 0.1) is 0 Å². The zero-order chi connectivity index (χ0) is 31.9. The van der Waals surface area contributed by atoms with E-state index in [4.69, 9.17) is 0 Å². The maximum atomic E-state index is 2.57. The lowest BCUT2D eigenvalue weighted by molar-refractivity contribution is 0.397. The van der Waals surface area contributed by atoms with E-state index in [1.807, 2.05) is 0 Å².